The Labute approximate surface area is 214 Å². The van der Waals surface area contributed by atoms with Crippen molar-refractivity contribution < 1.29 is 33.3 Å². The Hall–Kier alpha value is -2.52. The third-order valence-corrected chi connectivity index (χ3v) is 6.11. The van der Waals surface area contributed by atoms with Crippen LogP contribution in [-0.2, 0) is 19.0 Å². The highest BCUT2D eigenvalue weighted by atomic mass is 16.6. The van der Waals surface area contributed by atoms with Gasteiger partial charge in [0.15, 0.2) is 17.6 Å². The van der Waals surface area contributed by atoms with E-state index in [4.69, 9.17) is 23.7 Å². The molecule has 2 amide bonds. The van der Waals surface area contributed by atoms with E-state index in [-0.39, 0.29) is 24.5 Å². The SMILES string of the molecule is CCOc1ccc(C(C)N(C(=O)[C@H]2CN(C(=O)OC(C)(C)C)CCO2)C2CC2)cc1OCCCOC. The van der Waals surface area contributed by atoms with Gasteiger partial charge in [-0.25, -0.2) is 4.79 Å². The maximum atomic E-state index is 13.7. The first-order valence-electron chi connectivity index (χ1n) is 12.9. The normalized spacial score (nSPS) is 18.9. The van der Waals surface area contributed by atoms with Crippen LogP contribution in [0.15, 0.2) is 18.2 Å². The zero-order valence-corrected chi connectivity index (χ0v) is 22.6. The van der Waals surface area contributed by atoms with Gasteiger partial charge in [-0.2, -0.15) is 0 Å². The van der Waals surface area contributed by atoms with Gasteiger partial charge in [-0.1, -0.05) is 6.07 Å². The summed E-state index contributed by atoms with van der Waals surface area (Å²) in [6.45, 7) is 12.0. The maximum Gasteiger partial charge on any atom is 0.410 e. The molecule has 3 rings (SSSR count). The van der Waals surface area contributed by atoms with Crippen molar-refractivity contribution in [2.24, 2.45) is 0 Å². The van der Waals surface area contributed by atoms with Crippen molar-refractivity contribution in [3.05, 3.63) is 23.8 Å². The molecule has 0 N–H and O–H groups in total. The van der Waals surface area contributed by atoms with E-state index in [0.29, 0.717) is 44.5 Å². The fraction of sp³-hybridized carbons (Fsp3) is 0.704. The first-order valence-corrected chi connectivity index (χ1v) is 12.9. The monoisotopic (exact) mass is 506 g/mol. The third-order valence-electron chi connectivity index (χ3n) is 6.11. The smallest absolute Gasteiger partial charge is 0.410 e. The molecular formula is C27H42N2O7. The van der Waals surface area contributed by atoms with Gasteiger partial charge in [0.25, 0.3) is 5.91 Å². The van der Waals surface area contributed by atoms with E-state index >= 15 is 0 Å². The molecule has 1 saturated carbocycles. The van der Waals surface area contributed by atoms with Gasteiger partial charge < -0.3 is 33.5 Å². The predicted octanol–water partition coefficient (Wildman–Crippen LogP) is 4.19. The first kappa shape index (κ1) is 28.1. The number of nitrogens with zero attached hydrogens (tertiary/aromatic N) is 2. The molecule has 0 bridgehead atoms. The number of carbonyl (C=O) groups excluding carboxylic acids is 2. The lowest BCUT2D eigenvalue weighted by Crippen LogP contribution is -2.54. The molecule has 36 heavy (non-hydrogen) atoms. The molecule has 1 saturated heterocycles. The topological polar surface area (TPSA) is 86.8 Å². The molecule has 1 heterocycles. The van der Waals surface area contributed by atoms with E-state index in [1.54, 1.807) is 12.0 Å². The molecule has 0 radical (unpaired) electrons. The zero-order valence-electron chi connectivity index (χ0n) is 22.6. The molecule has 0 aromatic heterocycles. The fourth-order valence-corrected chi connectivity index (χ4v) is 4.22. The number of amides is 2. The minimum absolute atomic E-state index is 0.102. The summed E-state index contributed by atoms with van der Waals surface area (Å²) in [6.07, 6.45) is 1.53. The van der Waals surface area contributed by atoms with Crippen molar-refractivity contribution in [3.63, 3.8) is 0 Å². The van der Waals surface area contributed by atoms with Gasteiger partial charge in [-0.3, -0.25) is 4.79 Å². The van der Waals surface area contributed by atoms with E-state index in [9.17, 15) is 9.59 Å². The average molecular weight is 507 g/mol. The fourth-order valence-electron chi connectivity index (χ4n) is 4.22. The van der Waals surface area contributed by atoms with Crippen LogP contribution < -0.4 is 9.47 Å². The molecule has 1 aromatic carbocycles. The standard InChI is InChI=1S/C27H42N2O7/c1-7-33-22-12-9-20(17-23(22)34-15-8-14-32-6)19(2)29(21-10-11-21)25(30)24-18-28(13-16-35-24)26(31)36-27(3,4)5/h9,12,17,19,21,24H,7-8,10-11,13-16,18H2,1-6H3/t19?,24-/m1/s1. The second kappa shape index (κ2) is 12.6. The highest BCUT2D eigenvalue weighted by Gasteiger charge is 2.42. The average Bonchev–Trinajstić information content (AvgIpc) is 3.67. The van der Waals surface area contributed by atoms with E-state index in [1.165, 1.54) is 0 Å². The molecule has 2 fully saturated rings. The van der Waals surface area contributed by atoms with Crippen LogP contribution in [0, 0.1) is 0 Å². The lowest BCUT2D eigenvalue weighted by Gasteiger charge is -2.38. The summed E-state index contributed by atoms with van der Waals surface area (Å²) in [5.41, 5.74) is 0.362. The van der Waals surface area contributed by atoms with Crippen molar-refractivity contribution >= 4 is 12.0 Å². The van der Waals surface area contributed by atoms with Crippen molar-refractivity contribution in [3.8, 4) is 11.5 Å². The van der Waals surface area contributed by atoms with Gasteiger partial charge in [0, 0.05) is 32.7 Å². The van der Waals surface area contributed by atoms with E-state index in [0.717, 1.165) is 24.8 Å². The number of benzene rings is 1. The second-order valence-electron chi connectivity index (χ2n) is 10.3. The molecule has 2 atom stereocenters. The highest BCUT2D eigenvalue weighted by Crippen LogP contribution is 2.38. The van der Waals surface area contributed by atoms with Crippen LogP contribution in [0.1, 0.15) is 65.5 Å². The van der Waals surface area contributed by atoms with Crippen LogP contribution in [-0.4, -0.2) is 86.2 Å². The van der Waals surface area contributed by atoms with Gasteiger partial charge in [0.05, 0.1) is 32.4 Å². The first-order chi connectivity index (χ1) is 17.1. The number of hydrogen-bond acceptors (Lipinski definition) is 7. The Morgan fingerprint density at radius 2 is 1.92 bits per heavy atom. The van der Waals surface area contributed by atoms with E-state index < -0.39 is 17.8 Å². The van der Waals surface area contributed by atoms with Crippen molar-refractivity contribution in [1.29, 1.82) is 0 Å². The Bertz CT molecular complexity index is 881. The summed E-state index contributed by atoms with van der Waals surface area (Å²) in [5.74, 6) is 1.24. The Morgan fingerprint density at radius 1 is 1.17 bits per heavy atom. The zero-order chi connectivity index (χ0) is 26.3. The number of carbonyl (C=O) groups is 2. The third kappa shape index (κ3) is 7.74. The Morgan fingerprint density at radius 3 is 2.56 bits per heavy atom. The van der Waals surface area contributed by atoms with E-state index in [1.807, 2.05) is 57.7 Å². The van der Waals surface area contributed by atoms with Crippen LogP contribution in [0.4, 0.5) is 4.79 Å². The molecule has 1 aliphatic carbocycles. The number of methoxy groups -OCH3 is 1. The Balaban J connectivity index is 1.74. The summed E-state index contributed by atoms with van der Waals surface area (Å²) in [4.78, 5) is 29.8. The second-order valence-corrected chi connectivity index (χ2v) is 10.3. The van der Waals surface area contributed by atoms with Crippen LogP contribution in [0.5, 0.6) is 11.5 Å². The van der Waals surface area contributed by atoms with Crippen molar-refractivity contribution in [1.82, 2.24) is 9.80 Å². The summed E-state index contributed by atoms with van der Waals surface area (Å²) >= 11 is 0. The van der Waals surface area contributed by atoms with E-state index in [2.05, 4.69) is 0 Å². The molecule has 2 aliphatic rings. The van der Waals surface area contributed by atoms with Gasteiger partial charge in [-0.05, 0) is 65.2 Å². The molecular weight excluding hydrogens is 464 g/mol. The summed E-state index contributed by atoms with van der Waals surface area (Å²) in [6, 6.07) is 5.81. The Kier molecular flexibility index (Phi) is 9.84. The van der Waals surface area contributed by atoms with Crippen LogP contribution >= 0.6 is 0 Å². The number of hydrogen-bond donors (Lipinski definition) is 0. The molecule has 1 unspecified atom stereocenters. The molecule has 1 aliphatic heterocycles. The lowest BCUT2D eigenvalue weighted by atomic mass is 10.0. The summed E-state index contributed by atoms with van der Waals surface area (Å²) < 4.78 is 28.2. The lowest BCUT2D eigenvalue weighted by molar-refractivity contribution is -0.151. The molecule has 9 heteroatoms. The van der Waals surface area contributed by atoms with Gasteiger partial charge in [0.2, 0.25) is 0 Å². The quantitative estimate of drug-likeness (QED) is 0.416. The van der Waals surface area contributed by atoms with Crippen molar-refractivity contribution in [2.75, 3.05) is 46.6 Å². The maximum absolute atomic E-state index is 13.7. The van der Waals surface area contributed by atoms with Crippen LogP contribution in [0.2, 0.25) is 0 Å². The van der Waals surface area contributed by atoms with Crippen LogP contribution in [0.25, 0.3) is 0 Å². The molecule has 202 valence electrons. The minimum Gasteiger partial charge on any atom is -0.490 e. The minimum atomic E-state index is -0.721. The van der Waals surface area contributed by atoms with Gasteiger partial charge in [-0.15, -0.1) is 0 Å². The van der Waals surface area contributed by atoms with Gasteiger partial charge in [0.1, 0.15) is 5.60 Å². The number of rotatable bonds is 11. The largest absolute Gasteiger partial charge is 0.490 e. The number of ether oxygens (including phenoxy) is 5. The molecule has 0 spiro atoms. The van der Waals surface area contributed by atoms with Gasteiger partial charge >= 0.3 is 6.09 Å². The highest BCUT2D eigenvalue weighted by molar-refractivity contribution is 5.83. The van der Waals surface area contributed by atoms with Crippen LogP contribution in [0.3, 0.4) is 0 Å². The molecule has 9 nitrogen and oxygen atoms in total. The predicted molar refractivity (Wildman–Crippen MR) is 135 cm³/mol. The molecule has 1 aromatic rings. The number of morpholine rings is 1. The van der Waals surface area contributed by atoms with Crippen molar-refractivity contribution in [2.45, 2.75) is 77.7 Å². The summed E-state index contributed by atoms with van der Waals surface area (Å²) in [7, 11) is 1.67. The summed E-state index contributed by atoms with van der Waals surface area (Å²) in [5, 5.41) is 0.